The molecule has 2 heteroatoms. The Hall–Kier alpha value is -1.96. The van der Waals surface area contributed by atoms with Crippen molar-refractivity contribution < 1.29 is 4.79 Å². The molecule has 2 nitrogen and oxygen atoms in total. The number of carbonyl (C=O) groups excluding carboxylic acids is 1. The Bertz CT molecular complexity index is 524. The molecule has 1 heterocycles. The smallest absolute Gasteiger partial charge is 0.187 e. The third kappa shape index (κ3) is 1.79. The lowest BCUT2D eigenvalue weighted by Crippen LogP contribution is -1.96. The van der Waals surface area contributed by atoms with Crippen molar-refractivity contribution in [3.05, 3.63) is 54.4 Å². The number of carbonyl (C=O) groups is 1. The molecule has 0 atom stereocenters. The normalized spacial score (nSPS) is 11.0. The van der Waals surface area contributed by atoms with Gasteiger partial charge in [-0.15, -0.1) is 0 Å². The molecule has 1 aromatic carbocycles. The average Bonchev–Trinajstić information content (AvgIpc) is 2.28. The Morgan fingerprint density at radius 2 is 2.07 bits per heavy atom. The van der Waals surface area contributed by atoms with Gasteiger partial charge in [0.2, 0.25) is 0 Å². The number of fused-ring (bicyclic) bond motifs is 1. The van der Waals surface area contributed by atoms with Crippen molar-refractivity contribution in [2.24, 2.45) is 0 Å². The minimum atomic E-state index is 0.00167. The number of ketones is 1. The van der Waals surface area contributed by atoms with Gasteiger partial charge >= 0.3 is 0 Å². The van der Waals surface area contributed by atoms with E-state index in [2.05, 4.69) is 4.98 Å². The van der Waals surface area contributed by atoms with E-state index in [-0.39, 0.29) is 5.78 Å². The topological polar surface area (TPSA) is 30.0 Å². The second-order valence-corrected chi connectivity index (χ2v) is 3.27. The molecule has 0 aliphatic heterocycles. The minimum Gasteiger partial charge on any atom is -0.289 e. The third-order valence-electron chi connectivity index (χ3n) is 2.25. The Kier molecular flexibility index (Phi) is 2.59. The number of benzene rings is 1. The van der Waals surface area contributed by atoms with Crippen LogP contribution in [0.15, 0.2) is 48.8 Å². The van der Waals surface area contributed by atoms with Gasteiger partial charge in [0, 0.05) is 23.3 Å². The molecule has 2 rings (SSSR count). The summed E-state index contributed by atoms with van der Waals surface area (Å²) in [6, 6.07) is 7.76. The van der Waals surface area contributed by atoms with Gasteiger partial charge in [-0.1, -0.05) is 30.3 Å². The summed E-state index contributed by atoms with van der Waals surface area (Å²) in [6.45, 7) is 1.83. The number of allylic oxidation sites excluding steroid dienone is 2. The van der Waals surface area contributed by atoms with Crippen molar-refractivity contribution in [2.45, 2.75) is 6.92 Å². The van der Waals surface area contributed by atoms with Crippen LogP contribution in [-0.4, -0.2) is 10.8 Å². The molecule has 0 saturated heterocycles. The summed E-state index contributed by atoms with van der Waals surface area (Å²) in [6.07, 6.45) is 6.68. The first-order chi connectivity index (χ1) is 7.33. The first-order valence-corrected chi connectivity index (χ1v) is 4.82. The Morgan fingerprint density at radius 3 is 2.87 bits per heavy atom. The van der Waals surface area contributed by atoms with Crippen LogP contribution in [0.2, 0.25) is 0 Å². The molecular weight excluding hydrogens is 186 g/mol. The maximum Gasteiger partial charge on any atom is 0.187 e. The van der Waals surface area contributed by atoms with E-state index < -0.39 is 0 Å². The van der Waals surface area contributed by atoms with Gasteiger partial charge in [-0.05, 0) is 18.4 Å². The predicted octanol–water partition coefficient (Wildman–Crippen LogP) is 2.99. The molecule has 0 N–H and O–H groups in total. The van der Waals surface area contributed by atoms with Crippen molar-refractivity contribution in [1.82, 2.24) is 4.98 Å². The van der Waals surface area contributed by atoms with Gasteiger partial charge in [0.05, 0.1) is 0 Å². The van der Waals surface area contributed by atoms with Crippen molar-refractivity contribution in [2.75, 3.05) is 0 Å². The molecule has 0 aliphatic carbocycles. The van der Waals surface area contributed by atoms with Gasteiger partial charge in [0.1, 0.15) is 0 Å². The van der Waals surface area contributed by atoms with Crippen LogP contribution < -0.4 is 0 Å². The summed E-state index contributed by atoms with van der Waals surface area (Å²) >= 11 is 0. The van der Waals surface area contributed by atoms with Gasteiger partial charge in [-0.25, -0.2) is 0 Å². The largest absolute Gasteiger partial charge is 0.289 e. The number of pyridine rings is 1. The van der Waals surface area contributed by atoms with E-state index in [1.807, 2.05) is 31.2 Å². The van der Waals surface area contributed by atoms with Crippen LogP contribution in [0, 0.1) is 0 Å². The fourth-order valence-corrected chi connectivity index (χ4v) is 1.55. The van der Waals surface area contributed by atoms with E-state index in [0.29, 0.717) is 5.56 Å². The quantitative estimate of drug-likeness (QED) is 0.547. The summed E-state index contributed by atoms with van der Waals surface area (Å²) in [5.74, 6) is 0.00167. The van der Waals surface area contributed by atoms with Crippen LogP contribution in [0.25, 0.3) is 10.8 Å². The predicted molar refractivity (Wildman–Crippen MR) is 60.9 cm³/mol. The Morgan fingerprint density at radius 1 is 1.27 bits per heavy atom. The van der Waals surface area contributed by atoms with E-state index in [0.717, 1.165) is 10.8 Å². The second-order valence-electron chi connectivity index (χ2n) is 3.27. The fourth-order valence-electron chi connectivity index (χ4n) is 1.55. The second kappa shape index (κ2) is 4.05. The molecule has 15 heavy (non-hydrogen) atoms. The zero-order valence-corrected chi connectivity index (χ0v) is 8.47. The monoisotopic (exact) mass is 197 g/mol. The van der Waals surface area contributed by atoms with Crippen molar-refractivity contribution in [3.8, 4) is 0 Å². The molecule has 0 radical (unpaired) electrons. The number of rotatable bonds is 2. The summed E-state index contributed by atoms with van der Waals surface area (Å²) in [5.41, 5.74) is 0.659. The average molecular weight is 197 g/mol. The number of nitrogens with zero attached hydrogens (tertiary/aromatic N) is 1. The number of hydrogen-bond acceptors (Lipinski definition) is 2. The first-order valence-electron chi connectivity index (χ1n) is 4.82. The SMILES string of the molecule is C/C=C/C(=O)c1cncc2ccccc12. The molecule has 74 valence electrons. The molecular formula is C13H11NO. The highest BCUT2D eigenvalue weighted by Crippen LogP contribution is 2.17. The lowest BCUT2D eigenvalue weighted by Gasteiger charge is -2.01. The molecule has 0 spiro atoms. The van der Waals surface area contributed by atoms with E-state index in [9.17, 15) is 4.79 Å². The molecule has 0 aliphatic rings. The highest BCUT2D eigenvalue weighted by molar-refractivity contribution is 6.12. The van der Waals surface area contributed by atoms with Crippen molar-refractivity contribution >= 4 is 16.6 Å². The molecule has 0 saturated carbocycles. The molecule has 0 unspecified atom stereocenters. The summed E-state index contributed by atoms with van der Waals surface area (Å²) in [4.78, 5) is 15.8. The standard InChI is InChI=1S/C13H11NO/c1-2-5-13(15)12-9-14-8-10-6-3-4-7-11(10)12/h2-9H,1H3/b5-2+. The maximum atomic E-state index is 11.7. The zero-order chi connectivity index (χ0) is 10.7. The summed E-state index contributed by atoms with van der Waals surface area (Å²) in [7, 11) is 0. The van der Waals surface area contributed by atoms with Crippen LogP contribution in [0.5, 0.6) is 0 Å². The number of hydrogen-bond donors (Lipinski definition) is 0. The van der Waals surface area contributed by atoms with Crippen molar-refractivity contribution in [3.63, 3.8) is 0 Å². The Labute approximate surface area is 88.3 Å². The first kappa shape index (κ1) is 9.59. The minimum absolute atomic E-state index is 0.00167. The maximum absolute atomic E-state index is 11.7. The van der Waals surface area contributed by atoms with Gasteiger partial charge < -0.3 is 0 Å². The van der Waals surface area contributed by atoms with Crippen LogP contribution in [-0.2, 0) is 0 Å². The van der Waals surface area contributed by atoms with Gasteiger partial charge in [-0.3, -0.25) is 9.78 Å². The molecule has 0 amide bonds. The Balaban J connectivity index is 2.65. The highest BCUT2D eigenvalue weighted by atomic mass is 16.1. The zero-order valence-electron chi connectivity index (χ0n) is 8.47. The molecule has 2 aromatic rings. The van der Waals surface area contributed by atoms with Gasteiger partial charge in [0.25, 0.3) is 0 Å². The molecule has 0 fully saturated rings. The molecule has 1 aromatic heterocycles. The van der Waals surface area contributed by atoms with Crippen LogP contribution in [0.1, 0.15) is 17.3 Å². The fraction of sp³-hybridized carbons (Fsp3) is 0.0769. The summed E-state index contributed by atoms with van der Waals surface area (Å²) < 4.78 is 0. The van der Waals surface area contributed by atoms with Crippen molar-refractivity contribution in [1.29, 1.82) is 0 Å². The van der Waals surface area contributed by atoms with Crippen LogP contribution in [0.3, 0.4) is 0 Å². The van der Waals surface area contributed by atoms with E-state index in [4.69, 9.17) is 0 Å². The highest BCUT2D eigenvalue weighted by Gasteiger charge is 2.06. The lowest BCUT2D eigenvalue weighted by atomic mass is 10.0. The summed E-state index contributed by atoms with van der Waals surface area (Å²) in [5, 5.41) is 1.95. The van der Waals surface area contributed by atoms with Gasteiger partial charge in [-0.2, -0.15) is 0 Å². The lowest BCUT2D eigenvalue weighted by molar-refractivity contribution is 0.104. The third-order valence-corrected chi connectivity index (χ3v) is 2.25. The van der Waals surface area contributed by atoms with Crippen LogP contribution in [0.4, 0.5) is 0 Å². The van der Waals surface area contributed by atoms with Gasteiger partial charge in [0.15, 0.2) is 5.78 Å². The van der Waals surface area contributed by atoms with E-state index in [1.165, 1.54) is 0 Å². The van der Waals surface area contributed by atoms with E-state index in [1.54, 1.807) is 24.5 Å². The van der Waals surface area contributed by atoms with Crippen LogP contribution >= 0.6 is 0 Å². The number of aromatic nitrogens is 1. The molecule has 0 bridgehead atoms. The van der Waals surface area contributed by atoms with E-state index >= 15 is 0 Å².